The van der Waals surface area contributed by atoms with Crippen molar-refractivity contribution in [1.29, 1.82) is 0 Å². The van der Waals surface area contributed by atoms with Gasteiger partial charge < -0.3 is 10.1 Å². The zero-order chi connectivity index (χ0) is 19.4. The number of halogens is 1. The van der Waals surface area contributed by atoms with E-state index in [-0.39, 0.29) is 4.91 Å². The van der Waals surface area contributed by atoms with E-state index in [0.29, 0.717) is 17.0 Å². The van der Waals surface area contributed by atoms with Gasteiger partial charge in [-0.2, -0.15) is 0 Å². The smallest absolute Gasteiger partial charge is 0.294 e. The largest absolute Gasteiger partial charge is 0.495 e. The van der Waals surface area contributed by atoms with Crippen molar-refractivity contribution in [3.05, 3.63) is 64.8 Å². The SMILES string of the molecule is COc1ccccc1NC(=O)CN1C(=O)S/C(=C\c2ccc(F)cc2)C1=O. The first-order chi connectivity index (χ1) is 13.0. The van der Waals surface area contributed by atoms with Crippen LogP contribution in [0.1, 0.15) is 5.56 Å². The maximum Gasteiger partial charge on any atom is 0.294 e. The molecular formula is C19H15FN2O4S. The van der Waals surface area contributed by atoms with Crippen LogP contribution >= 0.6 is 11.8 Å². The summed E-state index contributed by atoms with van der Waals surface area (Å²) in [6.07, 6.45) is 1.49. The molecule has 0 atom stereocenters. The third-order valence-electron chi connectivity index (χ3n) is 3.72. The summed E-state index contributed by atoms with van der Waals surface area (Å²) in [7, 11) is 1.47. The van der Waals surface area contributed by atoms with E-state index in [2.05, 4.69) is 5.32 Å². The summed E-state index contributed by atoms with van der Waals surface area (Å²) in [5.41, 5.74) is 1.03. The molecule has 1 saturated heterocycles. The van der Waals surface area contributed by atoms with Crippen molar-refractivity contribution in [2.45, 2.75) is 0 Å². The highest BCUT2D eigenvalue weighted by molar-refractivity contribution is 8.18. The summed E-state index contributed by atoms with van der Waals surface area (Å²) in [5.74, 6) is -1.02. The number of ether oxygens (including phenoxy) is 1. The molecule has 0 bridgehead atoms. The van der Waals surface area contributed by atoms with E-state index in [4.69, 9.17) is 4.74 Å². The van der Waals surface area contributed by atoms with E-state index < -0.39 is 29.4 Å². The van der Waals surface area contributed by atoms with Crippen LogP contribution in [0.15, 0.2) is 53.4 Å². The number of para-hydroxylation sites is 2. The lowest BCUT2D eigenvalue weighted by Crippen LogP contribution is -2.36. The van der Waals surface area contributed by atoms with Gasteiger partial charge in [-0.05, 0) is 47.7 Å². The van der Waals surface area contributed by atoms with Crippen molar-refractivity contribution in [1.82, 2.24) is 4.90 Å². The van der Waals surface area contributed by atoms with Crippen LogP contribution in [0.25, 0.3) is 6.08 Å². The fraction of sp³-hybridized carbons (Fsp3) is 0.105. The Morgan fingerprint density at radius 3 is 2.59 bits per heavy atom. The summed E-state index contributed by atoms with van der Waals surface area (Å²) in [6, 6.07) is 12.3. The number of hydrogen-bond acceptors (Lipinski definition) is 5. The molecule has 6 nitrogen and oxygen atoms in total. The van der Waals surface area contributed by atoms with E-state index in [1.807, 2.05) is 0 Å². The second-order valence-electron chi connectivity index (χ2n) is 5.57. The van der Waals surface area contributed by atoms with Gasteiger partial charge in [0, 0.05) is 0 Å². The van der Waals surface area contributed by atoms with Crippen LogP contribution in [0.5, 0.6) is 5.75 Å². The number of nitrogens with one attached hydrogen (secondary N) is 1. The molecule has 8 heteroatoms. The van der Waals surface area contributed by atoms with Gasteiger partial charge in [0.05, 0.1) is 17.7 Å². The maximum absolute atomic E-state index is 13.0. The molecule has 0 aliphatic carbocycles. The molecule has 0 unspecified atom stereocenters. The molecule has 0 spiro atoms. The van der Waals surface area contributed by atoms with Crippen LogP contribution in [0.2, 0.25) is 0 Å². The molecule has 2 aromatic carbocycles. The van der Waals surface area contributed by atoms with Gasteiger partial charge in [0.2, 0.25) is 5.91 Å². The molecule has 138 valence electrons. The first kappa shape index (κ1) is 18.7. The number of methoxy groups -OCH3 is 1. The second kappa shape index (κ2) is 8.05. The number of nitrogens with zero attached hydrogens (tertiary/aromatic N) is 1. The third kappa shape index (κ3) is 4.35. The molecular weight excluding hydrogens is 371 g/mol. The predicted octanol–water partition coefficient (Wildman–Crippen LogP) is 3.51. The Bertz CT molecular complexity index is 928. The highest BCUT2D eigenvalue weighted by Gasteiger charge is 2.36. The zero-order valence-corrected chi connectivity index (χ0v) is 15.1. The average Bonchev–Trinajstić information content (AvgIpc) is 2.91. The Morgan fingerprint density at radius 2 is 1.89 bits per heavy atom. The van der Waals surface area contributed by atoms with Crippen molar-refractivity contribution in [3.63, 3.8) is 0 Å². The number of amides is 3. The Morgan fingerprint density at radius 1 is 1.19 bits per heavy atom. The summed E-state index contributed by atoms with van der Waals surface area (Å²) in [5, 5.41) is 2.08. The Labute approximate surface area is 159 Å². The maximum atomic E-state index is 13.0. The molecule has 2 aromatic rings. The molecule has 1 fully saturated rings. The fourth-order valence-corrected chi connectivity index (χ4v) is 3.27. The lowest BCUT2D eigenvalue weighted by atomic mass is 10.2. The molecule has 1 heterocycles. The number of hydrogen-bond donors (Lipinski definition) is 1. The number of anilines is 1. The van der Waals surface area contributed by atoms with Gasteiger partial charge in [-0.15, -0.1) is 0 Å². The molecule has 27 heavy (non-hydrogen) atoms. The monoisotopic (exact) mass is 386 g/mol. The molecule has 0 saturated carbocycles. The van der Waals surface area contributed by atoms with E-state index in [9.17, 15) is 18.8 Å². The van der Waals surface area contributed by atoms with Crippen LogP contribution in [-0.2, 0) is 9.59 Å². The van der Waals surface area contributed by atoms with Crippen molar-refractivity contribution >= 4 is 40.6 Å². The highest BCUT2D eigenvalue weighted by atomic mass is 32.2. The summed E-state index contributed by atoms with van der Waals surface area (Å²) in [4.78, 5) is 37.8. The lowest BCUT2D eigenvalue weighted by Gasteiger charge is -2.14. The topological polar surface area (TPSA) is 75.7 Å². The summed E-state index contributed by atoms with van der Waals surface area (Å²) < 4.78 is 18.1. The minimum atomic E-state index is -0.565. The van der Waals surface area contributed by atoms with Crippen LogP contribution < -0.4 is 10.1 Å². The van der Waals surface area contributed by atoms with E-state index in [1.54, 1.807) is 24.3 Å². The van der Waals surface area contributed by atoms with Gasteiger partial charge in [0.15, 0.2) is 0 Å². The van der Waals surface area contributed by atoms with Gasteiger partial charge in [-0.3, -0.25) is 19.3 Å². The van der Waals surface area contributed by atoms with Crippen LogP contribution in [0, 0.1) is 5.82 Å². The number of rotatable bonds is 5. The van der Waals surface area contributed by atoms with Crippen LogP contribution in [-0.4, -0.2) is 35.6 Å². The van der Waals surface area contributed by atoms with Gasteiger partial charge in [-0.25, -0.2) is 4.39 Å². The molecule has 0 aromatic heterocycles. The Balaban J connectivity index is 1.70. The Kier molecular flexibility index (Phi) is 5.56. The third-order valence-corrected chi connectivity index (χ3v) is 4.63. The number of carbonyl (C=O) groups is 3. The average molecular weight is 386 g/mol. The van der Waals surface area contributed by atoms with Gasteiger partial charge in [-0.1, -0.05) is 24.3 Å². The van der Waals surface area contributed by atoms with Gasteiger partial charge in [0.25, 0.3) is 11.1 Å². The first-order valence-corrected chi connectivity index (χ1v) is 8.73. The van der Waals surface area contributed by atoms with Crippen molar-refractivity contribution in [3.8, 4) is 5.75 Å². The number of thioether (sulfide) groups is 1. The summed E-state index contributed by atoms with van der Waals surface area (Å²) >= 11 is 0.737. The molecule has 1 N–H and O–H groups in total. The molecule has 1 aliphatic heterocycles. The number of imide groups is 1. The Hall–Kier alpha value is -3.13. The van der Waals surface area contributed by atoms with Crippen LogP contribution in [0.3, 0.4) is 0 Å². The van der Waals surface area contributed by atoms with Crippen LogP contribution in [0.4, 0.5) is 14.9 Å². The minimum Gasteiger partial charge on any atom is -0.495 e. The second-order valence-corrected chi connectivity index (χ2v) is 6.56. The van der Waals surface area contributed by atoms with E-state index in [1.165, 1.54) is 37.5 Å². The predicted molar refractivity (Wildman–Crippen MR) is 101 cm³/mol. The first-order valence-electron chi connectivity index (χ1n) is 7.92. The summed E-state index contributed by atoms with van der Waals surface area (Å²) in [6.45, 7) is -0.413. The fourth-order valence-electron chi connectivity index (χ4n) is 2.43. The minimum absolute atomic E-state index is 0.177. The molecule has 1 aliphatic rings. The van der Waals surface area contributed by atoms with E-state index in [0.717, 1.165) is 16.7 Å². The highest BCUT2D eigenvalue weighted by Crippen LogP contribution is 2.32. The standard InChI is InChI=1S/C19H15FN2O4S/c1-26-15-5-3-2-4-14(15)21-17(23)11-22-18(24)16(27-19(22)25)10-12-6-8-13(20)9-7-12/h2-10H,11H2,1H3,(H,21,23)/b16-10-. The molecule has 3 rings (SSSR count). The van der Waals surface area contributed by atoms with E-state index >= 15 is 0 Å². The molecule has 3 amide bonds. The molecule has 0 radical (unpaired) electrons. The number of benzene rings is 2. The number of carbonyl (C=O) groups excluding carboxylic acids is 3. The van der Waals surface area contributed by atoms with Gasteiger partial charge in [0.1, 0.15) is 18.1 Å². The quantitative estimate of drug-likeness (QED) is 0.796. The van der Waals surface area contributed by atoms with Crippen molar-refractivity contribution < 1.29 is 23.5 Å². The normalized spacial score (nSPS) is 15.3. The lowest BCUT2D eigenvalue weighted by molar-refractivity contribution is -0.127. The van der Waals surface area contributed by atoms with Gasteiger partial charge >= 0.3 is 0 Å². The van der Waals surface area contributed by atoms with Crippen molar-refractivity contribution in [2.24, 2.45) is 0 Å². The zero-order valence-electron chi connectivity index (χ0n) is 14.3. The van der Waals surface area contributed by atoms with Crippen molar-refractivity contribution in [2.75, 3.05) is 19.0 Å².